The maximum absolute atomic E-state index is 13.1. The van der Waals surface area contributed by atoms with E-state index in [0.29, 0.717) is 6.54 Å². The number of nitrogens with one attached hydrogen (secondary N) is 2. The average molecular weight is 431 g/mol. The molecule has 2 fully saturated rings. The molecule has 2 N–H and O–H groups in total. The Hall–Kier alpha value is -3.61. The lowest BCUT2D eigenvalue weighted by atomic mass is 9.91. The number of carbonyl (C=O) groups is 3. The van der Waals surface area contributed by atoms with Gasteiger partial charge in [0.1, 0.15) is 0 Å². The van der Waals surface area contributed by atoms with Crippen molar-refractivity contribution in [2.45, 2.75) is 44.3 Å². The lowest BCUT2D eigenvalue weighted by Gasteiger charge is -2.46. The second kappa shape index (κ2) is 8.49. The van der Waals surface area contributed by atoms with Crippen molar-refractivity contribution in [1.29, 1.82) is 0 Å². The monoisotopic (exact) mass is 430 g/mol. The summed E-state index contributed by atoms with van der Waals surface area (Å²) in [7, 11) is 0. The summed E-state index contributed by atoms with van der Waals surface area (Å²) < 4.78 is 0. The van der Waals surface area contributed by atoms with E-state index in [1.807, 2.05) is 60.8 Å². The van der Waals surface area contributed by atoms with Gasteiger partial charge in [-0.3, -0.25) is 14.5 Å². The molecule has 2 aliphatic heterocycles. The van der Waals surface area contributed by atoms with E-state index in [1.54, 1.807) is 4.90 Å². The van der Waals surface area contributed by atoms with E-state index >= 15 is 0 Å². The zero-order chi connectivity index (χ0) is 22.1. The van der Waals surface area contributed by atoms with Crippen LogP contribution in [0.2, 0.25) is 0 Å². The van der Waals surface area contributed by atoms with Crippen LogP contribution in [0.15, 0.2) is 60.8 Å². The molecule has 2 aromatic carbocycles. The highest BCUT2D eigenvalue weighted by Gasteiger charge is 2.44. The van der Waals surface area contributed by atoms with Gasteiger partial charge in [-0.05, 0) is 30.0 Å². The van der Waals surface area contributed by atoms with E-state index in [4.69, 9.17) is 0 Å². The van der Waals surface area contributed by atoms with E-state index in [9.17, 15) is 14.4 Å². The molecule has 7 nitrogen and oxygen atoms in total. The Bertz CT molecular complexity index is 1160. The molecule has 0 aliphatic carbocycles. The molecule has 4 amide bonds. The van der Waals surface area contributed by atoms with Gasteiger partial charge >= 0.3 is 6.03 Å². The smallest absolute Gasteiger partial charge is 0.327 e. The van der Waals surface area contributed by atoms with Crippen LogP contribution in [0.1, 0.15) is 30.4 Å². The normalized spacial score (nSPS) is 21.0. The van der Waals surface area contributed by atoms with E-state index in [1.165, 1.54) is 4.90 Å². The van der Waals surface area contributed by atoms with Crippen LogP contribution in [-0.2, 0) is 22.6 Å². The van der Waals surface area contributed by atoms with E-state index in [-0.39, 0.29) is 49.3 Å². The number of aromatic nitrogens is 1. The molecule has 2 atom stereocenters. The Labute approximate surface area is 186 Å². The van der Waals surface area contributed by atoms with Crippen molar-refractivity contribution in [2.24, 2.45) is 0 Å². The number of carbonyl (C=O) groups excluding carboxylic acids is 3. The highest BCUT2D eigenvalue weighted by Crippen LogP contribution is 2.28. The molecule has 3 heterocycles. The van der Waals surface area contributed by atoms with Crippen molar-refractivity contribution in [3.05, 3.63) is 71.9 Å². The maximum Gasteiger partial charge on any atom is 0.327 e. The highest BCUT2D eigenvalue weighted by atomic mass is 16.2. The number of fused-ring (bicyclic) bond motifs is 2. The molecule has 164 valence electrons. The van der Waals surface area contributed by atoms with Crippen molar-refractivity contribution >= 4 is 28.7 Å². The molecule has 0 radical (unpaired) electrons. The maximum atomic E-state index is 13.1. The van der Waals surface area contributed by atoms with Crippen LogP contribution in [0.4, 0.5) is 4.79 Å². The number of imide groups is 1. The molecule has 3 aromatic rings. The standard InChI is InChI=1S/C25H26N4O3/c30-23(13-18-15-26-20-10-5-4-9-19(18)20)27-21-11-6-12-28-22(21)14-24(31)29(25(28)32)16-17-7-2-1-3-8-17/h1-5,7-10,15,21-22,26H,6,11-14,16H2,(H,27,30)/t21-,22+/m1/s1. The lowest BCUT2D eigenvalue weighted by Crippen LogP contribution is -2.64. The molecule has 7 heteroatoms. The number of rotatable bonds is 5. The first-order chi connectivity index (χ1) is 15.6. The summed E-state index contributed by atoms with van der Waals surface area (Å²) in [6.07, 6.45) is 3.92. The predicted octanol–water partition coefficient (Wildman–Crippen LogP) is 3.21. The van der Waals surface area contributed by atoms with Crippen molar-refractivity contribution in [1.82, 2.24) is 20.1 Å². The van der Waals surface area contributed by atoms with E-state index in [0.717, 1.165) is 34.9 Å². The molecule has 1 aromatic heterocycles. The Balaban J connectivity index is 1.27. The van der Waals surface area contributed by atoms with Crippen molar-refractivity contribution in [3.63, 3.8) is 0 Å². The minimum Gasteiger partial charge on any atom is -0.361 e. The summed E-state index contributed by atoms with van der Waals surface area (Å²) in [5, 5.41) is 4.14. The average Bonchev–Trinajstić information content (AvgIpc) is 3.21. The van der Waals surface area contributed by atoms with Crippen LogP contribution in [0.3, 0.4) is 0 Å². The third kappa shape index (κ3) is 3.86. The number of aromatic amines is 1. The van der Waals surface area contributed by atoms with Gasteiger partial charge in [0.25, 0.3) is 0 Å². The predicted molar refractivity (Wildman–Crippen MR) is 121 cm³/mol. The van der Waals surface area contributed by atoms with Crippen LogP contribution in [0.25, 0.3) is 10.9 Å². The Morgan fingerprint density at radius 2 is 1.84 bits per heavy atom. The molecule has 32 heavy (non-hydrogen) atoms. The summed E-state index contributed by atoms with van der Waals surface area (Å²) >= 11 is 0. The van der Waals surface area contributed by atoms with Gasteiger partial charge in [-0.2, -0.15) is 0 Å². The summed E-state index contributed by atoms with van der Waals surface area (Å²) in [6, 6.07) is 16.7. The van der Waals surface area contributed by atoms with Gasteiger partial charge in [-0.1, -0.05) is 48.5 Å². The molecular formula is C25H26N4O3. The molecular weight excluding hydrogens is 404 g/mol. The second-order valence-corrected chi connectivity index (χ2v) is 8.57. The van der Waals surface area contributed by atoms with Crippen LogP contribution >= 0.6 is 0 Å². The number of urea groups is 1. The second-order valence-electron chi connectivity index (χ2n) is 8.57. The lowest BCUT2D eigenvalue weighted by molar-refractivity contribution is -0.135. The van der Waals surface area contributed by atoms with Gasteiger partial charge in [0.05, 0.1) is 19.0 Å². The largest absolute Gasteiger partial charge is 0.361 e. The van der Waals surface area contributed by atoms with Crippen molar-refractivity contribution in [2.75, 3.05) is 6.54 Å². The summed E-state index contributed by atoms with van der Waals surface area (Å²) in [6.45, 7) is 0.885. The highest BCUT2D eigenvalue weighted by molar-refractivity contribution is 5.97. The number of amides is 4. The SMILES string of the molecule is O=C(Cc1c[nH]c2ccccc12)N[C@@H]1CCCN2C(=O)N(Cc3ccccc3)C(=O)C[C@@H]12. The fraction of sp³-hybridized carbons (Fsp3) is 0.320. The number of hydrogen-bond acceptors (Lipinski definition) is 3. The number of hydrogen-bond donors (Lipinski definition) is 2. The number of nitrogens with zero attached hydrogens (tertiary/aromatic N) is 2. The first-order valence-corrected chi connectivity index (χ1v) is 11.1. The third-order valence-corrected chi connectivity index (χ3v) is 6.50. The van der Waals surface area contributed by atoms with Gasteiger partial charge in [0.2, 0.25) is 11.8 Å². The van der Waals surface area contributed by atoms with Crippen LogP contribution in [0.5, 0.6) is 0 Å². The number of piperidine rings is 1. The molecule has 0 spiro atoms. The zero-order valence-electron chi connectivity index (χ0n) is 17.8. The Morgan fingerprint density at radius 1 is 1.06 bits per heavy atom. The molecule has 0 bridgehead atoms. The first-order valence-electron chi connectivity index (χ1n) is 11.1. The molecule has 2 aliphatic rings. The Kier molecular flexibility index (Phi) is 5.39. The quantitative estimate of drug-likeness (QED) is 0.652. The molecule has 2 saturated heterocycles. The fourth-order valence-corrected chi connectivity index (χ4v) is 4.90. The van der Waals surface area contributed by atoms with Gasteiger partial charge in [-0.15, -0.1) is 0 Å². The van der Waals surface area contributed by atoms with Crippen LogP contribution in [0, 0.1) is 0 Å². The van der Waals surface area contributed by atoms with Crippen molar-refractivity contribution < 1.29 is 14.4 Å². The molecule has 5 rings (SSSR count). The van der Waals surface area contributed by atoms with Gasteiger partial charge in [0.15, 0.2) is 0 Å². The van der Waals surface area contributed by atoms with Crippen molar-refractivity contribution in [3.8, 4) is 0 Å². The first kappa shape index (κ1) is 20.3. The molecule has 0 saturated carbocycles. The summed E-state index contributed by atoms with van der Waals surface area (Å²) in [5.74, 6) is -0.272. The van der Waals surface area contributed by atoms with E-state index in [2.05, 4.69) is 10.3 Å². The van der Waals surface area contributed by atoms with Gasteiger partial charge in [-0.25, -0.2) is 4.79 Å². The summed E-state index contributed by atoms with van der Waals surface area (Å²) in [4.78, 5) is 45.1. The number of H-pyrrole nitrogens is 1. The Morgan fingerprint density at radius 3 is 2.69 bits per heavy atom. The minimum atomic E-state index is -0.289. The molecule has 0 unspecified atom stereocenters. The fourth-order valence-electron chi connectivity index (χ4n) is 4.90. The number of para-hydroxylation sites is 1. The van der Waals surface area contributed by atoms with Crippen LogP contribution in [-0.4, -0.2) is 51.3 Å². The van der Waals surface area contributed by atoms with Gasteiger partial charge in [0, 0.05) is 36.1 Å². The van der Waals surface area contributed by atoms with Gasteiger partial charge < -0.3 is 15.2 Å². The number of benzene rings is 2. The zero-order valence-corrected chi connectivity index (χ0v) is 17.8. The van der Waals surface area contributed by atoms with Crippen LogP contribution < -0.4 is 5.32 Å². The third-order valence-electron chi connectivity index (χ3n) is 6.50. The van der Waals surface area contributed by atoms with E-state index < -0.39 is 0 Å². The topological polar surface area (TPSA) is 85.5 Å². The minimum absolute atomic E-state index is 0.0896. The summed E-state index contributed by atoms with van der Waals surface area (Å²) in [5.41, 5.74) is 2.87.